The van der Waals surface area contributed by atoms with E-state index in [1.54, 1.807) is 13.1 Å². The number of unbranched alkanes of at least 4 members (excludes halogenated alkanes) is 1. The van der Waals surface area contributed by atoms with E-state index < -0.39 is 42.4 Å². The Balaban J connectivity index is 1.74. The third kappa shape index (κ3) is 5.53. The van der Waals surface area contributed by atoms with Crippen LogP contribution < -0.4 is 5.32 Å². The SMILES string of the molecule is CCCCOC(=O)CC(NC(=O)C1(CC)CC(c2nccc3ccccc23)=NO1)C(=O)CF. The first-order valence-electron chi connectivity index (χ1n) is 11.1. The van der Waals surface area contributed by atoms with Gasteiger partial charge in [-0.15, -0.1) is 0 Å². The van der Waals surface area contributed by atoms with E-state index in [0.29, 0.717) is 17.8 Å². The number of nitrogens with zero attached hydrogens (tertiary/aromatic N) is 2. The van der Waals surface area contributed by atoms with Gasteiger partial charge >= 0.3 is 5.97 Å². The number of ether oxygens (including phenoxy) is 1. The Morgan fingerprint density at radius 3 is 2.76 bits per heavy atom. The lowest BCUT2D eigenvalue weighted by molar-refractivity contribution is -0.149. The molecule has 1 aromatic carbocycles. The van der Waals surface area contributed by atoms with Crippen molar-refractivity contribution in [2.45, 2.75) is 57.6 Å². The predicted octanol–water partition coefficient (Wildman–Crippen LogP) is 3.26. The van der Waals surface area contributed by atoms with Gasteiger partial charge in [-0.05, 0) is 24.3 Å². The van der Waals surface area contributed by atoms with Gasteiger partial charge in [-0.2, -0.15) is 0 Å². The average Bonchev–Trinajstić information content (AvgIpc) is 3.28. The van der Waals surface area contributed by atoms with Crippen LogP contribution in [0.4, 0.5) is 4.39 Å². The minimum Gasteiger partial charge on any atom is -0.466 e. The van der Waals surface area contributed by atoms with E-state index >= 15 is 0 Å². The van der Waals surface area contributed by atoms with Gasteiger partial charge in [0.25, 0.3) is 5.91 Å². The molecule has 176 valence electrons. The third-order valence-corrected chi connectivity index (χ3v) is 5.67. The maximum Gasteiger partial charge on any atom is 0.308 e. The molecule has 0 aliphatic carbocycles. The number of oxime groups is 1. The fourth-order valence-electron chi connectivity index (χ4n) is 3.61. The van der Waals surface area contributed by atoms with Crippen LogP contribution in [0.2, 0.25) is 0 Å². The van der Waals surface area contributed by atoms with Gasteiger partial charge in [-0.25, -0.2) is 4.39 Å². The molecule has 0 radical (unpaired) electrons. The number of rotatable bonds is 11. The highest BCUT2D eigenvalue weighted by atomic mass is 19.1. The van der Waals surface area contributed by atoms with Gasteiger partial charge in [0.1, 0.15) is 18.4 Å². The van der Waals surface area contributed by atoms with E-state index in [9.17, 15) is 18.8 Å². The van der Waals surface area contributed by atoms with Crippen LogP contribution in [0, 0.1) is 0 Å². The molecule has 0 spiro atoms. The number of fused-ring (bicyclic) bond motifs is 1. The molecule has 9 heteroatoms. The van der Waals surface area contributed by atoms with Crippen molar-refractivity contribution in [1.82, 2.24) is 10.3 Å². The van der Waals surface area contributed by atoms with E-state index in [4.69, 9.17) is 9.57 Å². The zero-order valence-corrected chi connectivity index (χ0v) is 18.8. The van der Waals surface area contributed by atoms with Crippen molar-refractivity contribution in [2.24, 2.45) is 5.16 Å². The Kier molecular flexibility index (Phi) is 8.08. The molecule has 8 nitrogen and oxygen atoms in total. The average molecular weight is 458 g/mol. The van der Waals surface area contributed by atoms with Crippen LogP contribution >= 0.6 is 0 Å². The summed E-state index contributed by atoms with van der Waals surface area (Å²) in [5.41, 5.74) is -0.294. The molecule has 3 rings (SSSR count). The molecule has 2 aromatic rings. The number of carbonyl (C=O) groups excluding carboxylic acids is 3. The Morgan fingerprint density at radius 2 is 2.03 bits per heavy atom. The largest absolute Gasteiger partial charge is 0.466 e. The molecule has 0 saturated heterocycles. The Labute approximate surface area is 191 Å². The number of hydrogen-bond acceptors (Lipinski definition) is 7. The predicted molar refractivity (Wildman–Crippen MR) is 120 cm³/mol. The third-order valence-electron chi connectivity index (χ3n) is 5.67. The van der Waals surface area contributed by atoms with Crippen LogP contribution in [0.25, 0.3) is 10.8 Å². The topological polar surface area (TPSA) is 107 Å². The second-order valence-electron chi connectivity index (χ2n) is 7.94. The molecular formula is C24H28FN3O5. The van der Waals surface area contributed by atoms with Gasteiger partial charge in [0.2, 0.25) is 5.60 Å². The van der Waals surface area contributed by atoms with Gasteiger partial charge in [0.05, 0.1) is 18.7 Å². The summed E-state index contributed by atoms with van der Waals surface area (Å²) in [6.07, 6.45) is 3.08. The summed E-state index contributed by atoms with van der Waals surface area (Å²) in [6, 6.07) is 8.19. The molecule has 2 heterocycles. The maximum atomic E-state index is 13.2. The highest BCUT2D eigenvalue weighted by molar-refractivity contribution is 6.12. The van der Waals surface area contributed by atoms with E-state index in [0.717, 1.165) is 17.2 Å². The second kappa shape index (κ2) is 11.0. The smallest absolute Gasteiger partial charge is 0.308 e. The quantitative estimate of drug-likeness (QED) is 0.410. The van der Waals surface area contributed by atoms with Gasteiger partial charge in [-0.3, -0.25) is 19.4 Å². The number of hydrogen-bond donors (Lipinski definition) is 1. The monoisotopic (exact) mass is 457 g/mol. The molecule has 1 aromatic heterocycles. The lowest BCUT2D eigenvalue weighted by atomic mass is 9.90. The number of carbonyl (C=O) groups is 3. The van der Waals surface area contributed by atoms with E-state index in [-0.39, 0.29) is 19.4 Å². The summed E-state index contributed by atoms with van der Waals surface area (Å²) in [5, 5.41) is 8.45. The van der Waals surface area contributed by atoms with E-state index in [2.05, 4.69) is 15.5 Å². The van der Waals surface area contributed by atoms with Gasteiger partial charge in [0.15, 0.2) is 5.78 Å². The molecule has 2 unspecified atom stereocenters. The number of Topliss-reactive ketones (excluding diaryl/α,β-unsaturated/α-hetero) is 1. The first-order chi connectivity index (χ1) is 15.9. The summed E-state index contributed by atoms with van der Waals surface area (Å²) >= 11 is 0. The molecule has 0 bridgehead atoms. The molecule has 2 atom stereocenters. The summed E-state index contributed by atoms with van der Waals surface area (Å²) < 4.78 is 18.2. The number of aromatic nitrogens is 1. The standard InChI is InChI=1S/C24H28FN3O5/c1-3-5-12-32-21(30)13-18(20(29)15-25)27-23(31)24(4-2)14-19(28-33-24)22-17-9-7-6-8-16(17)10-11-26-22/h6-11,18H,3-5,12-15H2,1-2H3,(H,27,31). The lowest BCUT2D eigenvalue weighted by Gasteiger charge is -2.26. The number of alkyl halides is 1. The van der Waals surface area contributed by atoms with E-state index in [1.807, 2.05) is 37.3 Å². The highest BCUT2D eigenvalue weighted by Crippen LogP contribution is 2.32. The molecule has 1 amide bonds. The first-order valence-corrected chi connectivity index (χ1v) is 11.1. The van der Waals surface area contributed by atoms with Crippen molar-refractivity contribution in [2.75, 3.05) is 13.3 Å². The van der Waals surface area contributed by atoms with Crippen molar-refractivity contribution >= 4 is 34.1 Å². The van der Waals surface area contributed by atoms with Crippen molar-refractivity contribution in [1.29, 1.82) is 0 Å². The summed E-state index contributed by atoms with van der Waals surface area (Å²) in [6.45, 7) is 2.59. The van der Waals surface area contributed by atoms with Crippen molar-refractivity contribution in [3.63, 3.8) is 0 Å². The Bertz CT molecular complexity index is 1050. The zero-order valence-electron chi connectivity index (χ0n) is 18.8. The molecule has 1 aliphatic rings. The molecule has 0 fully saturated rings. The number of ketones is 1. The van der Waals surface area contributed by atoms with Crippen LogP contribution in [-0.4, -0.2) is 53.3 Å². The van der Waals surface area contributed by atoms with Gasteiger partial charge in [0, 0.05) is 18.0 Å². The van der Waals surface area contributed by atoms with E-state index in [1.165, 1.54) is 0 Å². The van der Waals surface area contributed by atoms with Crippen LogP contribution in [0.5, 0.6) is 0 Å². The minimum atomic E-state index is -1.39. The van der Waals surface area contributed by atoms with Gasteiger partial charge < -0.3 is 14.9 Å². The number of esters is 1. The summed E-state index contributed by atoms with van der Waals surface area (Å²) in [5.74, 6) is -2.22. The molecule has 33 heavy (non-hydrogen) atoms. The normalized spacial score (nSPS) is 18.3. The van der Waals surface area contributed by atoms with Crippen LogP contribution in [-0.2, 0) is 24.0 Å². The number of amides is 1. The highest BCUT2D eigenvalue weighted by Gasteiger charge is 2.47. The maximum absolute atomic E-state index is 13.2. The second-order valence-corrected chi connectivity index (χ2v) is 7.94. The van der Waals surface area contributed by atoms with Crippen LogP contribution in [0.3, 0.4) is 0 Å². The van der Waals surface area contributed by atoms with Crippen molar-refractivity contribution in [3.8, 4) is 0 Å². The van der Waals surface area contributed by atoms with Crippen molar-refractivity contribution in [3.05, 3.63) is 42.2 Å². The van der Waals surface area contributed by atoms with Crippen molar-refractivity contribution < 1.29 is 28.3 Å². The molecular weight excluding hydrogens is 429 g/mol. The Hall–Kier alpha value is -3.36. The minimum absolute atomic E-state index is 0.119. The number of halogens is 1. The number of benzene rings is 1. The Morgan fingerprint density at radius 1 is 1.24 bits per heavy atom. The molecule has 1 aliphatic heterocycles. The molecule has 1 N–H and O–H groups in total. The summed E-state index contributed by atoms with van der Waals surface area (Å²) in [7, 11) is 0. The number of nitrogens with one attached hydrogen (secondary N) is 1. The number of pyridine rings is 1. The lowest BCUT2D eigenvalue weighted by Crippen LogP contribution is -2.53. The molecule has 0 saturated carbocycles. The zero-order chi connectivity index (χ0) is 23.8. The van der Waals surface area contributed by atoms with Crippen LogP contribution in [0.15, 0.2) is 41.7 Å². The summed E-state index contributed by atoms with van der Waals surface area (Å²) in [4.78, 5) is 47.3. The first kappa shape index (κ1) is 24.3. The van der Waals surface area contributed by atoms with Gasteiger partial charge in [-0.1, -0.05) is 49.7 Å². The fraction of sp³-hybridized carbons (Fsp3) is 0.458. The fourth-order valence-corrected chi connectivity index (χ4v) is 3.61. The van der Waals surface area contributed by atoms with Crippen LogP contribution in [0.1, 0.15) is 51.6 Å².